The van der Waals surface area contributed by atoms with Crippen molar-refractivity contribution in [2.75, 3.05) is 26.2 Å². The maximum atomic E-state index is 12.2. The lowest BCUT2D eigenvalue weighted by atomic mass is 9.87. The van der Waals surface area contributed by atoms with Gasteiger partial charge in [-0.2, -0.15) is 0 Å². The van der Waals surface area contributed by atoms with Crippen molar-refractivity contribution in [3.05, 3.63) is 35.4 Å². The highest BCUT2D eigenvalue weighted by Gasteiger charge is 2.17. The summed E-state index contributed by atoms with van der Waals surface area (Å²) < 4.78 is 0. The van der Waals surface area contributed by atoms with Crippen molar-refractivity contribution in [3.8, 4) is 0 Å². The van der Waals surface area contributed by atoms with Crippen molar-refractivity contribution in [1.82, 2.24) is 15.5 Å². The van der Waals surface area contributed by atoms with E-state index in [-0.39, 0.29) is 17.2 Å². The standard InChI is InChI=1S/C23H37N3O2/c1-18-8-5-6-16-26(18)17-7-14-24-21(27)13-15-25-22(28)19-9-11-20(12-10-19)23(2,3)4/h9-12,18H,5-8,13-17H2,1-4H3,(H,24,27)(H,25,28)/t18-/m0/s1. The van der Waals surface area contributed by atoms with Gasteiger partial charge in [0.25, 0.3) is 5.91 Å². The van der Waals surface area contributed by atoms with E-state index in [0.29, 0.717) is 31.1 Å². The number of hydrogen-bond acceptors (Lipinski definition) is 3. The molecule has 1 aromatic rings. The molecule has 0 saturated carbocycles. The molecule has 1 aliphatic heterocycles. The number of rotatable bonds is 8. The molecule has 0 spiro atoms. The monoisotopic (exact) mass is 387 g/mol. The first kappa shape index (κ1) is 22.4. The van der Waals surface area contributed by atoms with Crippen LogP contribution in [-0.4, -0.2) is 48.9 Å². The number of carbonyl (C=O) groups excluding carboxylic acids is 2. The molecule has 0 radical (unpaired) electrons. The highest BCUT2D eigenvalue weighted by Crippen LogP contribution is 2.22. The molecule has 1 aromatic carbocycles. The molecule has 1 heterocycles. The normalized spacial score (nSPS) is 17.9. The van der Waals surface area contributed by atoms with Gasteiger partial charge in [0.15, 0.2) is 0 Å². The van der Waals surface area contributed by atoms with Gasteiger partial charge in [0.05, 0.1) is 0 Å². The Kier molecular flexibility index (Phi) is 8.49. The van der Waals surface area contributed by atoms with Gasteiger partial charge in [-0.05, 0) is 55.8 Å². The fraction of sp³-hybridized carbons (Fsp3) is 0.652. The van der Waals surface area contributed by atoms with Crippen molar-refractivity contribution in [3.63, 3.8) is 0 Å². The molecule has 0 unspecified atom stereocenters. The first-order chi connectivity index (χ1) is 13.3. The lowest BCUT2D eigenvalue weighted by Crippen LogP contribution is -2.39. The topological polar surface area (TPSA) is 61.4 Å². The predicted molar refractivity (Wildman–Crippen MR) is 115 cm³/mol. The van der Waals surface area contributed by atoms with E-state index in [4.69, 9.17) is 0 Å². The summed E-state index contributed by atoms with van der Waals surface area (Å²) >= 11 is 0. The van der Waals surface area contributed by atoms with Crippen LogP contribution >= 0.6 is 0 Å². The molecule has 1 atom stereocenters. The summed E-state index contributed by atoms with van der Waals surface area (Å²) in [6, 6.07) is 8.34. The average molecular weight is 388 g/mol. The molecule has 0 aliphatic carbocycles. The number of benzene rings is 1. The van der Waals surface area contributed by atoms with Crippen molar-refractivity contribution in [1.29, 1.82) is 0 Å². The van der Waals surface area contributed by atoms with Crippen molar-refractivity contribution < 1.29 is 9.59 Å². The van der Waals surface area contributed by atoms with Gasteiger partial charge < -0.3 is 15.5 Å². The molecular formula is C23H37N3O2. The van der Waals surface area contributed by atoms with Crippen molar-refractivity contribution in [2.24, 2.45) is 0 Å². The number of likely N-dealkylation sites (tertiary alicyclic amines) is 1. The Morgan fingerprint density at radius 2 is 1.79 bits per heavy atom. The van der Waals surface area contributed by atoms with Crippen LogP contribution in [0.25, 0.3) is 0 Å². The fourth-order valence-electron chi connectivity index (χ4n) is 3.60. The van der Waals surface area contributed by atoms with E-state index in [1.165, 1.54) is 31.4 Å². The van der Waals surface area contributed by atoms with Gasteiger partial charge in [0.2, 0.25) is 5.91 Å². The molecule has 156 valence electrons. The maximum Gasteiger partial charge on any atom is 0.251 e. The van der Waals surface area contributed by atoms with Gasteiger partial charge in [-0.25, -0.2) is 0 Å². The number of nitrogens with zero attached hydrogens (tertiary/aromatic N) is 1. The minimum absolute atomic E-state index is 0.00456. The molecule has 2 N–H and O–H groups in total. The first-order valence-electron chi connectivity index (χ1n) is 10.7. The molecular weight excluding hydrogens is 350 g/mol. The summed E-state index contributed by atoms with van der Waals surface area (Å²) in [5.41, 5.74) is 1.89. The van der Waals surface area contributed by atoms with Gasteiger partial charge in [0.1, 0.15) is 0 Å². The Morgan fingerprint density at radius 1 is 1.07 bits per heavy atom. The number of piperidine rings is 1. The highest BCUT2D eigenvalue weighted by molar-refractivity contribution is 5.94. The minimum Gasteiger partial charge on any atom is -0.356 e. The quantitative estimate of drug-likeness (QED) is 0.671. The summed E-state index contributed by atoms with van der Waals surface area (Å²) in [6.07, 6.45) is 5.19. The summed E-state index contributed by atoms with van der Waals surface area (Å²) in [4.78, 5) is 26.7. The smallest absolute Gasteiger partial charge is 0.251 e. The SMILES string of the molecule is C[C@H]1CCCCN1CCCNC(=O)CCNC(=O)c1ccc(C(C)(C)C)cc1. The summed E-state index contributed by atoms with van der Waals surface area (Å²) in [7, 11) is 0. The molecule has 0 aromatic heterocycles. The summed E-state index contributed by atoms with van der Waals surface area (Å²) in [5.74, 6) is -0.137. The zero-order chi connectivity index (χ0) is 20.6. The summed E-state index contributed by atoms with van der Waals surface area (Å²) in [6.45, 7) is 12.0. The van der Waals surface area contributed by atoms with Crippen LogP contribution in [0.5, 0.6) is 0 Å². The van der Waals surface area contributed by atoms with Crippen LogP contribution < -0.4 is 10.6 Å². The molecule has 1 saturated heterocycles. The molecule has 5 nitrogen and oxygen atoms in total. The van der Waals surface area contributed by atoms with Gasteiger partial charge in [-0.15, -0.1) is 0 Å². The molecule has 5 heteroatoms. The lowest BCUT2D eigenvalue weighted by Gasteiger charge is -2.33. The third-order valence-electron chi connectivity index (χ3n) is 5.54. The van der Waals surface area contributed by atoms with Crippen LogP contribution in [0.15, 0.2) is 24.3 Å². The van der Waals surface area contributed by atoms with Gasteiger partial charge in [0, 0.05) is 37.7 Å². The van der Waals surface area contributed by atoms with Crippen molar-refractivity contribution in [2.45, 2.75) is 71.3 Å². The zero-order valence-corrected chi connectivity index (χ0v) is 18.0. The van der Waals surface area contributed by atoms with E-state index < -0.39 is 0 Å². The van der Waals surface area contributed by atoms with Crippen LogP contribution in [0, 0.1) is 0 Å². The third-order valence-corrected chi connectivity index (χ3v) is 5.54. The van der Waals surface area contributed by atoms with Crippen LogP contribution in [0.1, 0.15) is 75.7 Å². The molecule has 2 amide bonds. The fourth-order valence-corrected chi connectivity index (χ4v) is 3.60. The second-order valence-electron chi connectivity index (χ2n) is 8.92. The minimum atomic E-state index is -0.132. The number of nitrogens with one attached hydrogen (secondary N) is 2. The zero-order valence-electron chi connectivity index (χ0n) is 18.0. The second-order valence-corrected chi connectivity index (χ2v) is 8.92. The highest BCUT2D eigenvalue weighted by atomic mass is 16.2. The molecule has 1 aliphatic rings. The number of carbonyl (C=O) groups is 2. The molecule has 28 heavy (non-hydrogen) atoms. The van der Waals surface area contributed by atoms with Crippen LogP contribution in [-0.2, 0) is 10.2 Å². The van der Waals surface area contributed by atoms with Crippen LogP contribution in [0.2, 0.25) is 0 Å². The Labute approximate surface area is 170 Å². The molecule has 0 bridgehead atoms. The van der Waals surface area contributed by atoms with E-state index in [0.717, 1.165) is 13.0 Å². The second kappa shape index (κ2) is 10.6. The maximum absolute atomic E-state index is 12.2. The average Bonchev–Trinajstić information content (AvgIpc) is 2.66. The summed E-state index contributed by atoms with van der Waals surface area (Å²) in [5, 5.41) is 5.79. The van der Waals surface area contributed by atoms with Gasteiger partial charge >= 0.3 is 0 Å². The van der Waals surface area contributed by atoms with Crippen LogP contribution in [0.4, 0.5) is 0 Å². The molecule has 2 rings (SSSR count). The number of amides is 2. The van der Waals surface area contributed by atoms with E-state index in [9.17, 15) is 9.59 Å². The predicted octanol–water partition coefficient (Wildman–Crippen LogP) is 3.48. The van der Waals surface area contributed by atoms with Gasteiger partial charge in [-0.1, -0.05) is 39.3 Å². The van der Waals surface area contributed by atoms with E-state index in [1.807, 2.05) is 24.3 Å². The lowest BCUT2D eigenvalue weighted by molar-refractivity contribution is -0.120. The molecule has 1 fully saturated rings. The largest absolute Gasteiger partial charge is 0.356 e. The van der Waals surface area contributed by atoms with Gasteiger partial charge in [-0.3, -0.25) is 9.59 Å². The Bertz CT molecular complexity index is 634. The van der Waals surface area contributed by atoms with E-state index in [1.54, 1.807) is 0 Å². The van der Waals surface area contributed by atoms with Crippen LogP contribution in [0.3, 0.4) is 0 Å². The van der Waals surface area contributed by atoms with Crippen molar-refractivity contribution >= 4 is 11.8 Å². The first-order valence-corrected chi connectivity index (χ1v) is 10.7. The Balaban J connectivity index is 1.60. The Hall–Kier alpha value is -1.88. The van der Waals surface area contributed by atoms with E-state index >= 15 is 0 Å². The Morgan fingerprint density at radius 3 is 2.43 bits per heavy atom. The van der Waals surface area contributed by atoms with E-state index in [2.05, 4.69) is 43.2 Å². The third kappa shape index (κ3) is 7.27. The number of hydrogen-bond donors (Lipinski definition) is 2.